The van der Waals surface area contributed by atoms with Gasteiger partial charge in [0.05, 0.1) is 27.3 Å². The summed E-state index contributed by atoms with van der Waals surface area (Å²) in [6.07, 6.45) is 4.71. The molecule has 5 rings (SSSR count). The lowest BCUT2D eigenvalue weighted by Crippen LogP contribution is -2.25. The number of aromatic nitrogens is 6. The lowest BCUT2D eigenvalue weighted by molar-refractivity contribution is -0.142. The Morgan fingerprint density at radius 3 is 2.56 bits per heavy atom. The summed E-state index contributed by atoms with van der Waals surface area (Å²) in [7, 11) is 1.78. The summed E-state index contributed by atoms with van der Waals surface area (Å²) in [5.74, 6) is 0.242. The van der Waals surface area contributed by atoms with Gasteiger partial charge >= 0.3 is 5.97 Å². The van der Waals surface area contributed by atoms with Gasteiger partial charge in [0.25, 0.3) is 0 Å². The summed E-state index contributed by atoms with van der Waals surface area (Å²) in [6.45, 7) is 5.25. The highest BCUT2D eigenvalue weighted by molar-refractivity contribution is 6.33. The molecule has 0 spiro atoms. The van der Waals surface area contributed by atoms with E-state index >= 15 is 0 Å². The molecule has 0 bridgehead atoms. The first kappa shape index (κ1) is 23.6. The Hall–Kier alpha value is -4.11. The molecule has 1 N–H and O–H groups in total. The quantitative estimate of drug-likeness (QED) is 0.309. The second kappa shape index (κ2) is 8.83. The minimum Gasteiger partial charge on any atom is -0.423 e. The molecule has 0 radical (unpaired) electrons. The number of ether oxygens (including phenoxy) is 1. The number of esters is 1. The first-order valence-corrected chi connectivity index (χ1v) is 11.5. The normalized spacial score (nSPS) is 11.7. The van der Waals surface area contributed by atoms with Crippen molar-refractivity contribution in [1.82, 2.24) is 29.7 Å². The molecule has 0 saturated carbocycles. The van der Waals surface area contributed by atoms with E-state index in [9.17, 15) is 9.18 Å². The maximum Gasteiger partial charge on any atom is 0.316 e. The smallest absolute Gasteiger partial charge is 0.316 e. The number of nitrogens with one attached hydrogen (secondary N) is 1. The van der Waals surface area contributed by atoms with Crippen LogP contribution in [0.25, 0.3) is 44.9 Å². The van der Waals surface area contributed by atoms with Crippen LogP contribution in [0.4, 0.5) is 4.39 Å². The van der Waals surface area contributed by atoms with Gasteiger partial charge in [-0.15, -0.1) is 0 Å². The van der Waals surface area contributed by atoms with Crippen molar-refractivity contribution in [3.05, 3.63) is 66.0 Å². The van der Waals surface area contributed by atoms with Gasteiger partial charge in [-0.3, -0.25) is 4.79 Å². The third-order valence-electron chi connectivity index (χ3n) is 5.61. The highest BCUT2D eigenvalue weighted by Crippen LogP contribution is 2.43. The molecular formula is C26H22ClFN6O2. The third kappa shape index (κ3) is 4.22. The maximum absolute atomic E-state index is 14.9. The van der Waals surface area contributed by atoms with E-state index in [1.165, 1.54) is 18.5 Å². The van der Waals surface area contributed by atoms with Crippen LogP contribution in [0.15, 0.2) is 55.1 Å². The lowest BCUT2D eigenvalue weighted by Gasteiger charge is -2.17. The van der Waals surface area contributed by atoms with Crippen molar-refractivity contribution in [2.45, 2.75) is 20.8 Å². The average Bonchev–Trinajstić information content (AvgIpc) is 3.39. The maximum atomic E-state index is 14.9. The number of fused-ring (bicyclic) bond motifs is 1. The molecule has 0 aliphatic heterocycles. The van der Waals surface area contributed by atoms with E-state index in [4.69, 9.17) is 16.3 Å². The number of nitrogens with zero attached hydrogens (tertiary/aromatic N) is 5. The van der Waals surface area contributed by atoms with Gasteiger partial charge in [0.2, 0.25) is 0 Å². The van der Waals surface area contributed by atoms with Crippen molar-refractivity contribution in [2.75, 3.05) is 0 Å². The highest BCUT2D eigenvalue weighted by atomic mass is 35.5. The number of hydrogen-bond acceptors (Lipinski definition) is 6. The average molecular weight is 505 g/mol. The zero-order chi connectivity index (χ0) is 25.6. The van der Waals surface area contributed by atoms with E-state index in [0.717, 1.165) is 5.56 Å². The van der Waals surface area contributed by atoms with Crippen LogP contribution in [0.5, 0.6) is 5.75 Å². The summed E-state index contributed by atoms with van der Waals surface area (Å²) >= 11 is 6.37. The van der Waals surface area contributed by atoms with Crippen LogP contribution >= 0.6 is 11.6 Å². The van der Waals surface area contributed by atoms with Gasteiger partial charge in [0, 0.05) is 35.9 Å². The first-order chi connectivity index (χ1) is 17.1. The lowest BCUT2D eigenvalue weighted by atomic mass is 9.97. The molecule has 3 heterocycles. The molecule has 3 aromatic heterocycles. The van der Waals surface area contributed by atoms with Gasteiger partial charge in [-0.25, -0.2) is 24.0 Å². The van der Waals surface area contributed by atoms with E-state index in [1.807, 2.05) is 18.2 Å². The van der Waals surface area contributed by atoms with Gasteiger partial charge < -0.3 is 9.72 Å². The Morgan fingerprint density at radius 2 is 1.86 bits per heavy atom. The fraction of sp³-hybridized carbons (Fsp3) is 0.192. The number of rotatable bonds is 4. The minimum atomic E-state index is -0.784. The van der Waals surface area contributed by atoms with Gasteiger partial charge in [0.15, 0.2) is 17.4 Å². The van der Waals surface area contributed by atoms with Crippen molar-refractivity contribution in [2.24, 2.45) is 12.5 Å². The molecule has 0 amide bonds. The van der Waals surface area contributed by atoms with Crippen LogP contribution in [-0.4, -0.2) is 35.7 Å². The van der Waals surface area contributed by atoms with Crippen molar-refractivity contribution in [1.29, 1.82) is 0 Å². The van der Waals surface area contributed by atoms with Crippen molar-refractivity contribution in [3.8, 4) is 39.8 Å². The van der Waals surface area contributed by atoms with E-state index in [1.54, 1.807) is 51.0 Å². The molecule has 2 aromatic carbocycles. The van der Waals surface area contributed by atoms with Crippen LogP contribution < -0.4 is 4.74 Å². The summed E-state index contributed by atoms with van der Waals surface area (Å²) in [6, 6.07) is 9.91. The van der Waals surface area contributed by atoms with E-state index in [2.05, 4.69) is 25.0 Å². The van der Waals surface area contributed by atoms with E-state index in [0.29, 0.717) is 28.1 Å². The molecule has 0 aliphatic carbocycles. The number of aromatic amines is 1. The molecule has 0 fully saturated rings. The highest BCUT2D eigenvalue weighted by Gasteiger charge is 2.28. The molecule has 0 aliphatic rings. The predicted octanol–water partition coefficient (Wildman–Crippen LogP) is 5.83. The SMILES string of the molecule is Cn1nc(-c2cncnc2)nc1-c1ccc2[nH]c(-c3c(F)cccc3Cl)c(OC(=O)C(C)(C)C)c2c1. The summed E-state index contributed by atoms with van der Waals surface area (Å²) in [5, 5.41) is 5.25. The van der Waals surface area contributed by atoms with Crippen LogP contribution in [0.3, 0.4) is 0 Å². The van der Waals surface area contributed by atoms with Gasteiger partial charge in [0.1, 0.15) is 12.1 Å². The second-order valence-corrected chi connectivity index (χ2v) is 9.74. The Labute approximate surface area is 211 Å². The number of hydrogen-bond donors (Lipinski definition) is 1. The third-order valence-corrected chi connectivity index (χ3v) is 5.93. The van der Waals surface area contributed by atoms with E-state index in [-0.39, 0.29) is 22.0 Å². The Kier molecular flexibility index (Phi) is 5.80. The summed E-state index contributed by atoms with van der Waals surface area (Å²) in [4.78, 5) is 28.8. The first-order valence-electron chi connectivity index (χ1n) is 11.1. The van der Waals surface area contributed by atoms with Gasteiger partial charge in [-0.2, -0.15) is 5.10 Å². The summed E-state index contributed by atoms with van der Waals surface area (Å²) in [5.41, 5.74) is 1.66. The Morgan fingerprint density at radius 1 is 1.11 bits per heavy atom. The van der Waals surface area contributed by atoms with Crippen molar-refractivity contribution in [3.63, 3.8) is 0 Å². The fourth-order valence-electron chi connectivity index (χ4n) is 3.74. The van der Waals surface area contributed by atoms with Crippen LogP contribution in [0.1, 0.15) is 20.8 Å². The van der Waals surface area contributed by atoms with Gasteiger partial charge in [-0.05, 0) is 51.1 Å². The number of benzene rings is 2. The molecular weight excluding hydrogens is 483 g/mol. The van der Waals surface area contributed by atoms with Crippen LogP contribution in [0.2, 0.25) is 5.02 Å². The Balaban J connectivity index is 1.69. The molecule has 10 heteroatoms. The number of H-pyrrole nitrogens is 1. The van der Waals surface area contributed by atoms with E-state index < -0.39 is 17.2 Å². The number of halogens is 2. The molecule has 8 nitrogen and oxygen atoms in total. The van der Waals surface area contributed by atoms with Gasteiger partial charge in [-0.1, -0.05) is 17.7 Å². The van der Waals surface area contributed by atoms with Crippen LogP contribution in [0, 0.1) is 11.2 Å². The zero-order valence-corrected chi connectivity index (χ0v) is 20.8. The monoisotopic (exact) mass is 504 g/mol. The Bertz CT molecular complexity index is 1580. The standard InChI is InChI=1S/C26H22ClFN6O2/c1-26(2,3)25(35)36-22-16-10-14(24-32-23(33-34(24)4)15-11-29-13-30-12-15)8-9-19(16)31-21(22)20-17(27)6-5-7-18(20)28/h5-13,31H,1-4H3. The largest absolute Gasteiger partial charge is 0.423 e. The molecule has 36 heavy (non-hydrogen) atoms. The predicted molar refractivity (Wildman–Crippen MR) is 135 cm³/mol. The number of carbonyl (C=O) groups is 1. The fourth-order valence-corrected chi connectivity index (χ4v) is 4.00. The van der Waals surface area contributed by atoms with Crippen LogP contribution in [-0.2, 0) is 11.8 Å². The summed E-state index contributed by atoms with van der Waals surface area (Å²) < 4.78 is 22.4. The van der Waals surface area contributed by atoms with Crippen molar-refractivity contribution >= 4 is 28.5 Å². The molecule has 0 unspecified atom stereocenters. The second-order valence-electron chi connectivity index (χ2n) is 9.34. The number of carbonyl (C=O) groups excluding carboxylic acids is 1. The molecule has 5 aromatic rings. The number of aryl methyl sites for hydroxylation is 1. The molecule has 0 saturated heterocycles. The van der Waals surface area contributed by atoms with Crippen molar-refractivity contribution < 1.29 is 13.9 Å². The minimum absolute atomic E-state index is 0.124. The molecule has 0 atom stereocenters. The zero-order valence-electron chi connectivity index (χ0n) is 20.0. The molecule has 182 valence electrons. The topological polar surface area (TPSA) is 98.6 Å².